The van der Waals surface area contributed by atoms with Gasteiger partial charge in [-0.1, -0.05) is 42.5 Å². The minimum absolute atomic E-state index is 0.00500. The third-order valence-corrected chi connectivity index (χ3v) is 9.50. The largest absolute Gasteiger partial charge is 0.497 e. The van der Waals surface area contributed by atoms with E-state index in [-0.39, 0.29) is 11.6 Å². The summed E-state index contributed by atoms with van der Waals surface area (Å²) in [7, 11) is 3.06. The normalized spacial score (nSPS) is 11.8. The number of carbonyl (C=O) groups is 3. The second-order valence-electron chi connectivity index (χ2n) is 10.6. The van der Waals surface area contributed by atoms with Gasteiger partial charge in [0.15, 0.2) is 5.13 Å². The number of thioether (sulfide) groups is 1. The van der Waals surface area contributed by atoms with Gasteiger partial charge in [0.1, 0.15) is 22.9 Å². The highest BCUT2D eigenvalue weighted by Crippen LogP contribution is 2.32. The minimum Gasteiger partial charge on any atom is -0.497 e. The van der Waals surface area contributed by atoms with Gasteiger partial charge in [-0.3, -0.25) is 14.4 Å². The van der Waals surface area contributed by atoms with Crippen LogP contribution in [0.4, 0.5) is 10.8 Å². The first kappa shape index (κ1) is 35.0. The maximum absolute atomic E-state index is 13.7. The predicted octanol–water partition coefficient (Wildman–Crippen LogP) is 7.63. The van der Waals surface area contributed by atoms with Crippen LogP contribution in [0.2, 0.25) is 0 Å². The molecule has 5 aromatic rings. The lowest BCUT2D eigenvalue weighted by atomic mass is 10.1. The van der Waals surface area contributed by atoms with E-state index in [2.05, 4.69) is 20.9 Å². The number of hydrogen-bond acceptors (Lipinski definition) is 9. The molecule has 0 saturated heterocycles. The molecule has 10 nitrogen and oxygen atoms in total. The Morgan fingerprint density at radius 3 is 2.41 bits per heavy atom. The van der Waals surface area contributed by atoms with Crippen molar-refractivity contribution < 1.29 is 28.6 Å². The van der Waals surface area contributed by atoms with E-state index in [4.69, 9.17) is 14.2 Å². The quantitative estimate of drug-likeness (QED) is 0.0799. The number of thiazole rings is 1. The van der Waals surface area contributed by atoms with Gasteiger partial charge in [0, 0.05) is 27.8 Å². The molecule has 3 N–H and O–H groups in total. The first-order valence-electron chi connectivity index (χ1n) is 15.5. The van der Waals surface area contributed by atoms with Gasteiger partial charge in [-0.05, 0) is 80.1 Å². The van der Waals surface area contributed by atoms with Crippen LogP contribution in [0.25, 0.3) is 16.3 Å². The van der Waals surface area contributed by atoms with Crippen LogP contribution >= 0.6 is 23.1 Å². The third kappa shape index (κ3) is 9.18. The van der Waals surface area contributed by atoms with E-state index in [0.29, 0.717) is 46.5 Å². The van der Waals surface area contributed by atoms with Crippen molar-refractivity contribution in [2.75, 3.05) is 31.5 Å². The smallest absolute Gasteiger partial charge is 0.272 e. The van der Waals surface area contributed by atoms with Crippen LogP contribution in [0.3, 0.4) is 0 Å². The zero-order chi connectivity index (χ0) is 34.8. The molecule has 0 saturated carbocycles. The molecule has 5 rings (SSSR count). The van der Waals surface area contributed by atoms with Crippen LogP contribution in [0.1, 0.15) is 36.2 Å². The summed E-state index contributed by atoms with van der Waals surface area (Å²) in [6.45, 7) is 4.43. The molecule has 0 bridgehead atoms. The van der Waals surface area contributed by atoms with Crippen LogP contribution < -0.4 is 30.2 Å². The van der Waals surface area contributed by atoms with E-state index >= 15 is 0 Å². The van der Waals surface area contributed by atoms with Gasteiger partial charge in [-0.15, -0.1) is 11.8 Å². The van der Waals surface area contributed by atoms with Gasteiger partial charge in [-0.2, -0.15) is 0 Å². The molecule has 0 aliphatic carbocycles. The summed E-state index contributed by atoms with van der Waals surface area (Å²) in [6.07, 6.45) is 2.11. The van der Waals surface area contributed by atoms with Crippen molar-refractivity contribution in [2.24, 2.45) is 0 Å². The summed E-state index contributed by atoms with van der Waals surface area (Å²) in [6, 6.07) is 26.6. The van der Waals surface area contributed by atoms with E-state index in [9.17, 15) is 14.4 Å². The molecule has 1 aromatic heterocycles. The van der Waals surface area contributed by atoms with E-state index < -0.39 is 17.1 Å². The third-order valence-electron chi connectivity index (χ3n) is 7.20. The zero-order valence-corrected chi connectivity index (χ0v) is 29.1. The van der Waals surface area contributed by atoms with E-state index in [0.717, 1.165) is 20.9 Å². The number of hydrogen-bond donors (Lipinski definition) is 3. The summed E-state index contributed by atoms with van der Waals surface area (Å²) in [5, 5.41) is 8.69. The Kier molecular flexibility index (Phi) is 11.9. The Balaban J connectivity index is 1.32. The molecule has 1 unspecified atom stereocenters. The summed E-state index contributed by atoms with van der Waals surface area (Å²) in [5.41, 5.74) is 2.23. The molecule has 0 fully saturated rings. The van der Waals surface area contributed by atoms with Crippen LogP contribution in [0.5, 0.6) is 17.2 Å². The average Bonchev–Trinajstić information content (AvgIpc) is 3.52. The first-order valence-corrected chi connectivity index (χ1v) is 17.2. The Morgan fingerprint density at radius 2 is 1.67 bits per heavy atom. The number of nitrogens with zero attached hydrogens (tertiary/aromatic N) is 1. The van der Waals surface area contributed by atoms with Crippen molar-refractivity contribution in [3.05, 3.63) is 108 Å². The van der Waals surface area contributed by atoms with Crippen molar-refractivity contribution in [1.82, 2.24) is 10.3 Å². The molecular formula is C37H36N4O6S2. The number of aromatic nitrogens is 1. The standard InChI is InChI=1S/C37H36N4O6S2/c1-5-32(36(44)41-37-40-29-18-17-27(47-6-2)22-33(29)49-37)48-28-14-10-13-25(20-28)38-35(43)30(39-34(42)23-11-8-7-9-12-23)19-24-15-16-26(45-3)21-31(24)46-4/h7-22,32H,5-6H2,1-4H3,(H,38,43)(H,39,42)(H,40,41,44)/b30-19+. The summed E-state index contributed by atoms with van der Waals surface area (Å²) in [4.78, 5) is 45.5. The lowest BCUT2D eigenvalue weighted by Gasteiger charge is -2.15. The number of amides is 3. The number of ether oxygens (including phenoxy) is 3. The molecule has 0 spiro atoms. The monoisotopic (exact) mass is 696 g/mol. The van der Waals surface area contributed by atoms with Crippen molar-refractivity contribution in [3.8, 4) is 17.2 Å². The summed E-state index contributed by atoms with van der Waals surface area (Å²) in [5.74, 6) is 0.635. The molecule has 0 aliphatic heterocycles. The maximum atomic E-state index is 13.7. The van der Waals surface area contributed by atoms with E-state index in [1.165, 1.54) is 30.2 Å². The topological polar surface area (TPSA) is 128 Å². The Bertz CT molecular complexity index is 1980. The molecule has 3 amide bonds. The van der Waals surface area contributed by atoms with Crippen molar-refractivity contribution in [1.29, 1.82) is 0 Å². The van der Waals surface area contributed by atoms with Crippen LogP contribution in [0, 0.1) is 0 Å². The fourth-order valence-electron chi connectivity index (χ4n) is 4.77. The van der Waals surface area contributed by atoms with Gasteiger partial charge in [0.25, 0.3) is 11.8 Å². The van der Waals surface area contributed by atoms with Crippen LogP contribution in [0.15, 0.2) is 102 Å². The second-order valence-corrected chi connectivity index (χ2v) is 12.9. The van der Waals surface area contributed by atoms with Gasteiger partial charge in [0.2, 0.25) is 5.91 Å². The van der Waals surface area contributed by atoms with Crippen LogP contribution in [-0.4, -0.2) is 48.8 Å². The molecule has 4 aromatic carbocycles. The number of carbonyl (C=O) groups excluding carboxylic acids is 3. The number of benzene rings is 4. The summed E-state index contributed by atoms with van der Waals surface area (Å²) < 4.78 is 17.3. The lowest BCUT2D eigenvalue weighted by Crippen LogP contribution is -2.30. The molecule has 0 aliphatic rings. The highest BCUT2D eigenvalue weighted by atomic mass is 32.2. The SMILES string of the molecule is CCOc1ccc2nc(NC(=O)C(CC)Sc3cccc(NC(=O)/C(=C\c4ccc(OC)cc4OC)NC(=O)c4ccccc4)c3)sc2c1. The van der Waals surface area contributed by atoms with Gasteiger partial charge in [0.05, 0.1) is 36.3 Å². The van der Waals surface area contributed by atoms with Crippen molar-refractivity contribution in [2.45, 2.75) is 30.4 Å². The maximum Gasteiger partial charge on any atom is 0.272 e. The Hall–Kier alpha value is -5.33. The molecule has 12 heteroatoms. The number of fused-ring (bicyclic) bond motifs is 1. The number of methoxy groups -OCH3 is 2. The molecule has 0 radical (unpaired) electrons. The highest BCUT2D eigenvalue weighted by molar-refractivity contribution is 8.00. The number of anilines is 2. The summed E-state index contributed by atoms with van der Waals surface area (Å²) >= 11 is 2.77. The molecule has 1 heterocycles. The zero-order valence-electron chi connectivity index (χ0n) is 27.4. The first-order chi connectivity index (χ1) is 23.8. The van der Waals surface area contributed by atoms with E-state index in [1.54, 1.807) is 79.9 Å². The molecular weight excluding hydrogens is 661 g/mol. The number of rotatable bonds is 14. The lowest BCUT2D eigenvalue weighted by molar-refractivity contribution is -0.116. The minimum atomic E-state index is -0.544. The van der Waals surface area contributed by atoms with Gasteiger partial charge < -0.3 is 30.2 Å². The van der Waals surface area contributed by atoms with Gasteiger partial charge >= 0.3 is 0 Å². The van der Waals surface area contributed by atoms with Crippen molar-refractivity contribution in [3.63, 3.8) is 0 Å². The fraction of sp³-hybridized carbons (Fsp3) is 0.189. The fourth-order valence-corrected chi connectivity index (χ4v) is 6.68. The Morgan fingerprint density at radius 1 is 0.878 bits per heavy atom. The van der Waals surface area contributed by atoms with Crippen molar-refractivity contribution >= 4 is 67.9 Å². The van der Waals surface area contributed by atoms with Crippen LogP contribution in [-0.2, 0) is 9.59 Å². The average molecular weight is 697 g/mol. The second kappa shape index (κ2) is 16.7. The Labute approximate surface area is 292 Å². The van der Waals surface area contributed by atoms with Gasteiger partial charge in [-0.25, -0.2) is 4.98 Å². The molecule has 49 heavy (non-hydrogen) atoms. The highest BCUT2D eigenvalue weighted by Gasteiger charge is 2.21. The molecule has 252 valence electrons. The number of nitrogens with one attached hydrogen (secondary N) is 3. The predicted molar refractivity (Wildman–Crippen MR) is 196 cm³/mol. The molecule has 1 atom stereocenters. The van der Waals surface area contributed by atoms with E-state index in [1.807, 2.05) is 38.1 Å².